The number of aliphatic hydroxyl groups is 2. The van der Waals surface area contributed by atoms with E-state index in [0.717, 1.165) is 33.3 Å². The number of rotatable bonds is 6. The molecule has 0 aliphatic heterocycles. The molecule has 5 nitrogen and oxygen atoms in total. The Kier molecular flexibility index (Phi) is 5.22. The molecule has 2 aromatic heterocycles. The number of aryl methyl sites for hydroxylation is 2. The summed E-state index contributed by atoms with van der Waals surface area (Å²) in [6, 6.07) is 11.2. The Balaban J connectivity index is 1.91. The summed E-state index contributed by atoms with van der Waals surface area (Å²) in [6.07, 6.45) is -1.82. The van der Waals surface area contributed by atoms with E-state index >= 15 is 0 Å². The van der Waals surface area contributed by atoms with Gasteiger partial charge in [-0.15, -0.1) is 11.3 Å². The number of hydrogen-bond acceptors (Lipinski definition) is 6. The monoisotopic (exact) mass is 358 g/mol. The Morgan fingerprint density at radius 2 is 1.96 bits per heavy atom. The molecule has 3 rings (SSSR count). The zero-order valence-electron chi connectivity index (χ0n) is 14.4. The second kappa shape index (κ2) is 7.39. The highest BCUT2D eigenvalue weighted by Gasteiger charge is 2.28. The molecule has 132 valence electrons. The first kappa shape index (κ1) is 17.7. The van der Waals surface area contributed by atoms with Crippen molar-refractivity contribution in [2.45, 2.75) is 39.0 Å². The first-order chi connectivity index (χ1) is 12.0. The Bertz CT molecular complexity index is 841. The average molecular weight is 358 g/mol. The van der Waals surface area contributed by atoms with Crippen LogP contribution in [0.25, 0.3) is 11.3 Å². The largest absolute Gasteiger partial charge is 0.461 e. The van der Waals surface area contributed by atoms with Crippen molar-refractivity contribution in [3.8, 4) is 11.3 Å². The number of anilines is 1. The van der Waals surface area contributed by atoms with E-state index in [1.54, 1.807) is 12.4 Å². The zero-order valence-corrected chi connectivity index (χ0v) is 15.2. The molecule has 25 heavy (non-hydrogen) atoms. The van der Waals surface area contributed by atoms with Gasteiger partial charge < -0.3 is 19.9 Å². The van der Waals surface area contributed by atoms with Gasteiger partial charge in [0.05, 0.1) is 28.2 Å². The highest BCUT2D eigenvalue weighted by Crippen LogP contribution is 2.31. The number of benzene rings is 1. The van der Waals surface area contributed by atoms with Crippen LogP contribution in [-0.4, -0.2) is 27.4 Å². The van der Waals surface area contributed by atoms with Gasteiger partial charge in [-0.05, 0) is 45.0 Å². The summed E-state index contributed by atoms with van der Waals surface area (Å²) < 4.78 is 5.68. The smallest absolute Gasteiger partial charge is 0.134 e. The maximum absolute atomic E-state index is 10.5. The molecule has 0 unspecified atom stereocenters. The average Bonchev–Trinajstić information content (AvgIpc) is 3.21. The lowest BCUT2D eigenvalue weighted by molar-refractivity contribution is 0.0195. The number of nitrogens with zero attached hydrogens (tertiary/aromatic N) is 1. The van der Waals surface area contributed by atoms with E-state index in [9.17, 15) is 10.2 Å². The minimum Gasteiger partial charge on any atom is -0.461 e. The zero-order chi connectivity index (χ0) is 18.0. The van der Waals surface area contributed by atoms with Gasteiger partial charge in [-0.3, -0.25) is 0 Å². The first-order valence-corrected chi connectivity index (χ1v) is 9.03. The van der Waals surface area contributed by atoms with Gasteiger partial charge in [-0.1, -0.05) is 12.1 Å². The Hall–Kier alpha value is -2.15. The SMILES string of the molecule is Cc1ccc(-c2cccc(N[C@H](c3scnc3C)[C@H](O)[C@H](C)O)c2)o1. The molecule has 0 spiro atoms. The summed E-state index contributed by atoms with van der Waals surface area (Å²) in [4.78, 5) is 5.17. The van der Waals surface area contributed by atoms with Gasteiger partial charge in [0, 0.05) is 11.3 Å². The molecule has 0 aliphatic carbocycles. The van der Waals surface area contributed by atoms with Gasteiger partial charge in [0.15, 0.2) is 0 Å². The van der Waals surface area contributed by atoms with Crippen molar-refractivity contribution in [2.75, 3.05) is 5.32 Å². The van der Waals surface area contributed by atoms with E-state index in [1.165, 1.54) is 11.3 Å². The molecular formula is C19H22N2O3S. The highest BCUT2D eigenvalue weighted by molar-refractivity contribution is 7.09. The van der Waals surface area contributed by atoms with E-state index < -0.39 is 18.2 Å². The Morgan fingerprint density at radius 1 is 1.16 bits per heavy atom. The van der Waals surface area contributed by atoms with Crippen LogP contribution in [0.4, 0.5) is 5.69 Å². The fourth-order valence-electron chi connectivity index (χ4n) is 2.73. The molecule has 1 aromatic carbocycles. The number of aliphatic hydroxyl groups excluding tert-OH is 2. The van der Waals surface area contributed by atoms with Crippen molar-refractivity contribution in [2.24, 2.45) is 0 Å². The van der Waals surface area contributed by atoms with Gasteiger partial charge in [0.2, 0.25) is 0 Å². The lowest BCUT2D eigenvalue weighted by Crippen LogP contribution is -2.34. The maximum Gasteiger partial charge on any atom is 0.134 e. The number of furan rings is 1. The summed E-state index contributed by atoms with van der Waals surface area (Å²) in [6.45, 7) is 5.39. The summed E-state index contributed by atoms with van der Waals surface area (Å²) in [5.74, 6) is 1.65. The molecule has 6 heteroatoms. The molecule has 0 aliphatic rings. The normalized spacial score (nSPS) is 14.9. The minimum atomic E-state index is -0.950. The third kappa shape index (κ3) is 3.92. The van der Waals surface area contributed by atoms with Crippen LogP contribution >= 0.6 is 11.3 Å². The maximum atomic E-state index is 10.5. The summed E-state index contributed by atoms with van der Waals surface area (Å²) >= 11 is 1.46. The number of thiazole rings is 1. The topological polar surface area (TPSA) is 78.5 Å². The molecule has 3 N–H and O–H groups in total. The molecule has 0 fully saturated rings. The van der Waals surface area contributed by atoms with E-state index in [1.807, 2.05) is 50.2 Å². The number of aromatic nitrogens is 1. The van der Waals surface area contributed by atoms with Crippen LogP contribution in [0.15, 0.2) is 46.3 Å². The van der Waals surface area contributed by atoms with Crippen LogP contribution in [-0.2, 0) is 0 Å². The predicted molar refractivity (Wildman–Crippen MR) is 99.8 cm³/mol. The molecule has 3 atom stereocenters. The number of hydrogen-bond donors (Lipinski definition) is 3. The molecule has 0 amide bonds. The molecule has 0 saturated carbocycles. The Labute approximate surface area is 151 Å². The second-order valence-corrected chi connectivity index (χ2v) is 7.03. The highest BCUT2D eigenvalue weighted by atomic mass is 32.1. The van der Waals surface area contributed by atoms with Crippen LogP contribution in [0, 0.1) is 13.8 Å². The van der Waals surface area contributed by atoms with Crippen LogP contribution < -0.4 is 5.32 Å². The molecular weight excluding hydrogens is 336 g/mol. The van der Waals surface area contributed by atoms with Gasteiger partial charge in [-0.2, -0.15) is 0 Å². The van der Waals surface area contributed by atoms with E-state index in [0.29, 0.717) is 0 Å². The Morgan fingerprint density at radius 3 is 2.56 bits per heavy atom. The van der Waals surface area contributed by atoms with Gasteiger partial charge >= 0.3 is 0 Å². The fraction of sp³-hybridized carbons (Fsp3) is 0.316. The fourth-order valence-corrected chi connectivity index (χ4v) is 3.62. The summed E-state index contributed by atoms with van der Waals surface area (Å²) in [5, 5.41) is 23.7. The lowest BCUT2D eigenvalue weighted by atomic mass is 10.0. The molecule has 3 aromatic rings. The minimum absolute atomic E-state index is 0.443. The second-order valence-electron chi connectivity index (χ2n) is 6.15. The molecule has 2 heterocycles. The summed E-state index contributed by atoms with van der Waals surface area (Å²) in [7, 11) is 0. The van der Waals surface area contributed by atoms with Crippen molar-refractivity contribution in [3.63, 3.8) is 0 Å². The molecule has 0 saturated heterocycles. The number of nitrogens with one attached hydrogen (secondary N) is 1. The molecule has 0 radical (unpaired) electrons. The van der Waals surface area contributed by atoms with Crippen LogP contribution in [0.3, 0.4) is 0 Å². The van der Waals surface area contributed by atoms with Gasteiger partial charge in [0.1, 0.15) is 17.6 Å². The van der Waals surface area contributed by atoms with E-state index in [-0.39, 0.29) is 0 Å². The van der Waals surface area contributed by atoms with Crippen molar-refractivity contribution in [1.82, 2.24) is 4.98 Å². The quantitative estimate of drug-likeness (QED) is 0.622. The van der Waals surface area contributed by atoms with Crippen molar-refractivity contribution >= 4 is 17.0 Å². The third-order valence-corrected chi connectivity index (χ3v) is 5.12. The van der Waals surface area contributed by atoms with E-state index in [2.05, 4.69) is 10.3 Å². The van der Waals surface area contributed by atoms with Gasteiger partial charge in [0.25, 0.3) is 0 Å². The van der Waals surface area contributed by atoms with Crippen molar-refractivity contribution < 1.29 is 14.6 Å². The van der Waals surface area contributed by atoms with Crippen molar-refractivity contribution in [1.29, 1.82) is 0 Å². The predicted octanol–water partition coefficient (Wildman–Crippen LogP) is 3.91. The van der Waals surface area contributed by atoms with Gasteiger partial charge in [-0.25, -0.2) is 4.98 Å². The van der Waals surface area contributed by atoms with Crippen LogP contribution in [0.2, 0.25) is 0 Å². The van der Waals surface area contributed by atoms with Crippen LogP contribution in [0.5, 0.6) is 0 Å². The first-order valence-electron chi connectivity index (χ1n) is 8.15. The van der Waals surface area contributed by atoms with Crippen molar-refractivity contribution in [3.05, 3.63) is 58.2 Å². The standard InChI is InChI=1S/C19H22N2O3S/c1-11-7-8-16(24-11)14-5-4-6-15(9-14)21-17(18(23)13(3)22)19-12(2)20-10-25-19/h4-10,13,17-18,21-23H,1-3H3/t13-,17-,18+/m0/s1. The third-order valence-electron chi connectivity index (χ3n) is 4.11. The summed E-state index contributed by atoms with van der Waals surface area (Å²) in [5.41, 5.74) is 4.38. The van der Waals surface area contributed by atoms with Crippen LogP contribution in [0.1, 0.15) is 29.3 Å². The van der Waals surface area contributed by atoms with E-state index in [4.69, 9.17) is 4.42 Å². The molecule has 0 bridgehead atoms. The lowest BCUT2D eigenvalue weighted by Gasteiger charge is -2.26.